The standard InChI is InChI=1S/C17H24N2O2/c1-13-10-16(13)17(20)18-11-14-2-4-15(5-3-14)12-19-6-8-21-9-7-19/h2-5,13,16H,6-12H2,1H3,(H,18,20)/t13-,16-/m1/s1. The number of nitrogens with one attached hydrogen (secondary N) is 1. The summed E-state index contributed by atoms with van der Waals surface area (Å²) in [5.41, 5.74) is 2.49. The Labute approximate surface area is 126 Å². The Morgan fingerprint density at radius 2 is 1.86 bits per heavy atom. The van der Waals surface area contributed by atoms with E-state index in [4.69, 9.17) is 4.74 Å². The van der Waals surface area contributed by atoms with Crippen LogP contribution in [-0.2, 0) is 22.6 Å². The van der Waals surface area contributed by atoms with Crippen LogP contribution in [0.25, 0.3) is 0 Å². The fourth-order valence-corrected chi connectivity index (χ4v) is 2.79. The largest absolute Gasteiger partial charge is 0.379 e. The Hall–Kier alpha value is -1.39. The summed E-state index contributed by atoms with van der Waals surface area (Å²) in [6, 6.07) is 8.56. The average molecular weight is 288 g/mol. The van der Waals surface area contributed by atoms with Gasteiger partial charge in [-0.2, -0.15) is 0 Å². The van der Waals surface area contributed by atoms with Gasteiger partial charge >= 0.3 is 0 Å². The zero-order valence-corrected chi connectivity index (χ0v) is 12.7. The van der Waals surface area contributed by atoms with E-state index in [-0.39, 0.29) is 11.8 Å². The zero-order chi connectivity index (χ0) is 14.7. The van der Waals surface area contributed by atoms with Crippen LogP contribution in [0.15, 0.2) is 24.3 Å². The Bertz CT molecular complexity index is 480. The molecule has 0 spiro atoms. The molecule has 0 unspecified atom stereocenters. The first-order valence-corrected chi connectivity index (χ1v) is 7.88. The third-order valence-corrected chi connectivity index (χ3v) is 4.45. The lowest BCUT2D eigenvalue weighted by Crippen LogP contribution is -2.35. The Balaban J connectivity index is 1.46. The molecule has 21 heavy (non-hydrogen) atoms. The molecule has 2 aliphatic rings. The Kier molecular flexibility index (Phi) is 4.56. The van der Waals surface area contributed by atoms with Crippen molar-refractivity contribution in [2.75, 3.05) is 26.3 Å². The molecule has 0 radical (unpaired) electrons. The van der Waals surface area contributed by atoms with E-state index in [1.807, 2.05) is 0 Å². The summed E-state index contributed by atoms with van der Waals surface area (Å²) in [7, 11) is 0. The number of amides is 1. The molecular formula is C17H24N2O2. The van der Waals surface area contributed by atoms with Gasteiger partial charge in [-0.05, 0) is 23.5 Å². The maximum Gasteiger partial charge on any atom is 0.223 e. The molecule has 1 N–H and O–H groups in total. The van der Waals surface area contributed by atoms with Gasteiger partial charge in [-0.15, -0.1) is 0 Å². The molecule has 1 heterocycles. The first-order chi connectivity index (χ1) is 10.2. The minimum atomic E-state index is 0.208. The number of morpholine rings is 1. The van der Waals surface area contributed by atoms with Gasteiger partial charge < -0.3 is 10.1 Å². The highest BCUT2D eigenvalue weighted by molar-refractivity contribution is 5.81. The second kappa shape index (κ2) is 6.58. The van der Waals surface area contributed by atoms with E-state index < -0.39 is 0 Å². The summed E-state index contributed by atoms with van der Waals surface area (Å²) in [5, 5.41) is 3.03. The minimum Gasteiger partial charge on any atom is -0.379 e. The summed E-state index contributed by atoms with van der Waals surface area (Å²) >= 11 is 0. The zero-order valence-electron chi connectivity index (χ0n) is 12.7. The van der Waals surface area contributed by atoms with Crippen LogP contribution in [0.1, 0.15) is 24.5 Å². The van der Waals surface area contributed by atoms with Gasteiger partial charge in [0.15, 0.2) is 0 Å². The van der Waals surface area contributed by atoms with Crippen LogP contribution < -0.4 is 5.32 Å². The van der Waals surface area contributed by atoms with Gasteiger partial charge in [0.1, 0.15) is 0 Å². The quantitative estimate of drug-likeness (QED) is 0.898. The normalized spacial score (nSPS) is 25.6. The van der Waals surface area contributed by atoms with Crippen molar-refractivity contribution in [3.8, 4) is 0 Å². The first-order valence-electron chi connectivity index (χ1n) is 7.88. The van der Waals surface area contributed by atoms with Crippen LogP contribution in [0.3, 0.4) is 0 Å². The highest BCUT2D eigenvalue weighted by atomic mass is 16.5. The van der Waals surface area contributed by atoms with Crippen molar-refractivity contribution in [2.45, 2.75) is 26.4 Å². The SMILES string of the molecule is C[C@@H]1C[C@H]1C(=O)NCc1ccc(CN2CCOCC2)cc1. The monoisotopic (exact) mass is 288 g/mol. The number of hydrogen-bond acceptors (Lipinski definition) is 3. The van der Waals surface area contributed by atoms with Gasteiger partial charge in [0.25, 0.3) is 0 Å². The van der Waals surface area contributed by atoms with E-state index in [0.29, 0.717) is 12.5 Å². The van der Waals surface area contributed by atoms with E-state index in [1.165, 1.54) is 11.1 Å². The fraction of sp³-hybridized carbons (Fsp3) is 0.588. The van der Waals surface area contributed by atoms with Crippen molar-refractivity contribution >= 4 is 5.91 Å². The van der Waals surface area contributed by atoms with Crippen molar-refractivity contribution in [2.24, 2.45) is 11.8 Å². The number of ether oxygens (including phenoxy) is 1. The molecule has 2 fully saturated rings. The molecule has 114 valence electrons. The molecule has 0 bridgehead atoms. The smallest absolute Gasteiger partial charge is 0.223 e. The molecule has 1 saturated carbocycles. The van der Waals surface area contributed by atoms with E-state index in [1.54, 1.807) is 0 Å². The van der Waals surface area contributed by atoms with Gasteiger partial charge in [-0.1, -0.05) is 31.2 Å². The van der Waals surface area contributed by atoms with Gasteiger partial charge in [0, 0.05) is 32.1 Å². The number of benzene rings is 1. The molecule has 4 heteroatoms. The molecule has 1 aromatic carbocycles. The van der Waals surface area contributed by atoms with Crippen molar-refractivity contribution in [1.82, 2.24) is 10.2 Å². The second-order valence-electron chi connectivity index (χ2n) is 6.24. The molecular weight excluding hydrogens is 264 g/mol. The lowest BCUT2D eigenvalue weighted by Gasteiger charge is -2.26. The van der Waals surface area contributed by atoms with E-state index in [9.17, 15) is 4.79 Å². The third kappa shape index (κ3) is 4.05. The van der Waals surface area contributed by atoms with E-state index in [2.05, 4.69) is 41.4 Å². The van der Waals surface area contributed by atoms with E-state index in [0.717, 1.165) is 39.3 Å². The third-order valence-electron chi connectivity index (χ3n) is 4.45. The highest BCUT2D eigenvalue weighted by Gasteiger charge is 2.38. The van der Waals surface area contributed by atoms with Crippen molar-refractivity contribution in [3.05, 3.63) is 35.4 Å². The molecule has 1 aromatic rings. The van der Waals surface area contributed by atoms with Crippen molar-refractivity contribution in [1.29, 1.82) is 0 Å². The van der Waals surface area contributed by atoms with Gasteiger partial charge in [-0.3, -0.25) is 9.69 Å². The molecule has 4 nitrogen and oxygen atoms in total. The van der Waals surface area contributed by atoms with Crippen molar-refractivity contribution in [3.63, 3.8) is 0 Å². The second-order valence-corrected chi connectivity index (χ2v) is 6.24. The minimum absolute atomic E-state index is 0.208. The number of rotatable bonds is 5. The lowest BCUT2D eigenvalue weighted by atomic mass is 10.1. The van der Waals surface area contributed by atoms with Crippen LogP contribution in [0.4, 0.5) is 0 Å². The number of carbonyl (C=O) groups is 1. The summed E-state index contributed by atoms with van der Waals surface area (Å²) in [5.74, 6) is 1.03. The van der Waals surface area contributed by atoms with Crippen molar-refractivity contribution < 1.29 is 9.53 Å². The Morgan fingerprint density at radius 3 is 2.48 bits per heavy atom. The summed E-state index contributed by atoms with van der Waals surface area (Å²) in [4.78, 5) is 14.2. The molecule has 0 aromatic heterocycles. The summed E-state index contributed by atoms with van der Waals surface area (Å²) < 4.78 is 5.36. The maximum absolute atomic E-state index is 11.8. The Morgan fingerprint density at radius 1 is 1.24 bits per heavy atom. The predicted octanol–water partition coefficient (Wildman–Crippen LogP) is 1.79. The first kappa shape index (κ1) is 14.5. The molecule has 1 amide bonds. The van der Waals surface area contributed by atoms with Gasteiger partial charge in [0.05, 0.1) is 13.2 Å². The molecule has 3 rings (SSSR count). The molecule has 1 saturated heterocycles. The highest BCUT2D eigenvalue weighted by Crippen LogP contribution is 2.37. The molecule has 1 aliphatic heterocycles. The van der Waals surface area contributed by atoms with Crippen LogP contribution in [0.2, 0.25) is 0 Å². The summed E-state index contributed by atoms with van der Waals surface area (Å²) in [6.07, 6.45) is 1.05. The number of hydrogen-bond donors (Lipinski definition) is 1. The average Bonchev–Trinajstić information content (AvgIpc) is 3.24. The van der Waals surface area contributed by atoms with Crippen LogP contribution in [0, 0.1) is 11.8 Å². The summed E-state index contributed by atoms with van der Waals surface area (Å²) in [6.45, 7) is 7.45. The van der Waals surface area contributed by atoms with E-state index >= 15 is 0 Å². The van der Waals surface area contributed by atoms with Crippen LogP contribution >= 0.6 is 0 Å². The van der Waals surface area contributed by atoms with Crippen LogP contribution in [-0.4, -0.2) is 37.1 Å². The van der Waals surface area contributed by atoms with Gasteiger partial charge in [0.2, 0.25) is 5.91 Å². The topological polar surface area (TPSA) is 41.6 Å². The maximum atomic E-state index is 11.8. The van der Waals surface area contributed by atoms with Crippen LogP contribution in [0.5, 0.6) is 0 Å². The van der Waals surface area contributed by atoms with Gasteiger partial charge in [-0.25, -0.2) is 0 Å². The number of nitrogens with zero attached hydrogens (tertiary/aromatic N) is 1. The molecule has 2 atom stereocenters. The fourth-order valence-electron chi connectivity index (χ4n) is 2.79. The predicted molar refractivity (Wildman–Crippen MR) is 81.7 cm³/mol. The number of carbonyl (C=O) groups excluding carboxylic acids is 1. The lowest BCUT2D eigenvalue weighted by molar-refractivity contribution is -0.122. The molecule has 1 aliphatic carbocycles.